The van der Waals surface area contributed by atoms with Crippen molar-refractivity contribution in [2.75, 3.05) is 11.9 Å². The topological polar surface area (TPSA) is 113 Å². The largest absolute Gasteiger partial charge is 0.478 e. The first-order chi connectivity index (χ1) is 12.3. The third-order valence-corrected chi connectivity index (χ3v) is 6.27. The molecular formula is C17H20N2O5S2. The molecule has 1 aromatic heterocycles. The standard InChI is InChI=1S/C17H20N2O5S2/c1-3-13-11(2)25-16(15(13)17(21)22)19-14(20)9-10-18-26(23,24)12-7-5-4-6-8-12/h4-8,18H,3,9-10H2,1-2H3,(H,19,20)(H,21,22). The average Bonchev–Trinajstić information content (AvgIpc) is 2.90. The second-order valence-electron chi connectivity index (χ2n) is 5.51. The van der Waals surface area contributed by atoms with Gasteiger partial charge in [-0.25, -0.2) is 17.9 Å². The van der Waals surface area contributed by atoms with E-state index in [0.29, 0.717) is 12.0 Å². The number of carboxylic acid groups (broad SMARTS) is 1. The number of aryl methyl sites for hydroxylation is 1. The predicted octanol–water partition coefficient (Wildman–Crippen LogP) is 2.62. The Balaban J connectivity index is 1.99. The van der Waals surface area contributed by atoms with E-state index >= 15 is 0 Å². The summed E-state index contributed by atoms with van der Waals surface area (Å²) < 4.78 is 26.5. The Morgan fingerprint density at radius 3 is 2.42 bits per heavy atom. The maximum absolute atomic E-state index is 12.1. The number of sulfonamides is 1. The van der Waals surface area contributed by atoms with Crippen LogP contribution in [0.4, 0.5) is 5.00 Å². The lowest BCUT2D eigenvalue weighted by molar-refractivity contribution is -0.116. The summed E-state index contributed by atoms with van der Waals surface area (Å²) in [6.45, 7) is 3.57. The number of hydrogen-bond donors (Lipinski definition) is 3. The number of benzene rings is 1. The van der Waals surface area contributed by atoms with Crippen molar-refractivity contribution in [1.29, 1.82) is 0 Å². The smallest absolute Gasteiger partial charge is 0.339 e. The number of anilines is 1. The van der Waals surface area contributed by atoms with Crippen LogP contribution in [0.2, 0.25) is 0 Å². The molecule has 140 valence electrons. The maximum Gasteiger partial charge on any atom is 0.339 e. The van der Waals surface area contributed by atoms with Gasteiger partial charge < -0.3 is 10.4 Å². The van der Waals surface area contributed by atoms with Crippen LogP contribution in [0.1, 0.15) is 34.1 Å². The molecular weight excluding hydrogens is 376 g/mol. The number of aromatic carboxylic acids is 1. The van der Waals surface area contributed by atoms with Crippen molar-refractivity contribution >= 4 is 38.2 Å². The van der Waals surface area contributed by atoms with Crippen LogP contribution < -0.4 is 10.0 Å². The van der Waals surface area contributed by atoms with Crippen LogP contribution in [0.15, 0.2) is 35.2 Å². The number of carboxylic acids is 1. The number of hydrogen-bond acceptors (Lipinski definition) is 5. The summed E-state index contributed by atoms with van der Waals surface area (Å²) in [7, 11) is -3.68. The van der Waals surface area contributed by atoms with Crippen LogP contribution in [0, 0.1) is 6.92 Å². The van der Waals surface area contributed by atoms with Gasteiger partial charge in [0.15, 0.2) is 0 Å². The number of nitrogens with one attached hydrogen (secondary N) is 2. The van der Waals surface area contributed by atoms with Crippen molar-refractivity contribution in [2.24, 2.45) is 0 Å². The molecule has 9 heteroatoms. The fourth-order valence-electron chi connectivity index (χ4n) is 2.49. The Morgan fingerprint density at radius 2 is 1.85 bits per heavy atom. The number of carbonyl (C=O) groups is 2. The SMILES string of the molecule is CCc1c(C)sc(NC(=O)CCNS(=O)(=O)c2ccccc2)c1C(=O)O. The van der Waals surface area contributed by atoms with Crippen LogP contribution >= 0.6 is 11.3 Å². The molecule has 0 unspecified atom stereocenters. The highest BCUT2D eigenvalue weighted by Gasteiger charge is 2.22. The Kier molecular flexibility index (Phi) is 6.52. The molecule has 26 heavy (non-hydrogen) atoms. The van der Waals surface area contributed by atoms with E-state index in [1.165, 1.54) is 23.5 Å². The van der Waals surface area contributed by atoms with Crippen molar-refractivity contribution < 1.29 is 23.1 Å². The van der Waals surface area contributed by atoms with Crippen LogP contribution in [0.3, 0.4) is 0 Å². The Labute approximate surface area is 156 Å². The summed E-state index contributed by atoms with van der Waals surface area (Å²) >= 11 is 1.21. The van der Waals surface area contributed by atoms with E-state index in [0.717, 1.165) is 4.88 Å². The summed E-state index contributed by atoms with van der Waals surface area (Å²) in [5.74, 6) is -1.54. The first-order valence-corrected chi connectivity index (χ1v) is 10.3. The van der Waals surface area contributed by atoms with Gasteiger partial charge in [-0.05, 0) is 31.0 Å². The van der Waals surface area contributed by atoms with Crippen LogP contribution in [-0.2, 0) is 21.2 Å². The Bertz CT molecular complexity index is 905. The Hall–Kier alpha value is -2.23. The molecule has 0 aliphatic rings. The first kappa shape index (κ1) is 20.1. The van der Waals surface area contributed by atoms with Gasteiger partial charge in [0.1, 0.15) is 5.00 Å². The van der Waals surface area contributed by atoms with Crippen LogP contribution in [0.25, 0.3) is 0 Å². The summed E-state index contributed by atoms with van der Waals surface area (Å²) in [4.78, 5) is 24.5. The highest BCUT2D eigenvalue weighted by Crippen LogP contribution is 2.33. The van der Waals surface area contributed by atoms with Crippen LogP contribution in [-0.4, -0.2) is 31.9 Å². The minimum Gasteiger partial charge on any atom is -0.478 e. The average molecular weight is 396 g/mol. The fourth-order valence-corrected chi connectivity index (χ4v) is 4.70. The van der Waals surface area contributed by atoms with Crippen molar-refractivity contribution in [3.8, 4) is 0 Å². The predicted molar refractivity (Wildman–Crippen MR) is 100 cm³/mol. The molecule has 0 spiro atoms. The van der Waals surface area contributed by atoms with E-state index in [9.17, 15) is 23.1 Å². The lowest BCUT2D eigenvalue weighted by Gasteiger charge is -2.07. The lowest BCUT2D eigenvalue weighted by atomic mass is 10.1. The van der Waals surface area contributed by atoms with E-state index in [1.54, 1.807) is 25.1 Å². The second-order valence-corrected chi connectivity index (χ2v) is 8.50. The molecule has 0 saturated carbocycles. The fraction of sp³-hybridized carbons (Fsp3) is 0.294. The second kappa shape index (κ2) is 8.43. The zero-order valence-electron chi connectivity index (χ0n) is 14.4. The minimum absolute atomic E-state index is 0.0868. The molecule has 1 heterocycles. The van der Waals surface area contributed by atoms with Crippen LogP contribution in [0.5, 0.6) is 0 Å². The molecule has 2 rings (SSSR count). The summed E-state index contributed by atoms with van der Waals surface area (Å²) in [6, 6.07) is 7.85. The van der Waals surface area contributed by atoms with Gasteiger partial charge in [-0.2, -0.15) is 0 Å². The molecule has 0 fully saturated rings. The molecule has 0 aliphatic carbocycles. The first-order valence-electron chi connectivity index (χ1n) is 7.96. The molecule has 0 aliphatic heterocycles. The third-order valence-electron chi connectivity index (χ3n) is 3.73. The highest BCUT2D eigenvalue weighted by atomic mass is 32.2. The van der Waals surface area contributed by atoms with E-state index < -0.39 is 21.9 Å². The molecule has 1 aromatic carbocycles. The molecule has 3 N–H and O–H groups in total. The van der Waals surface area contributed by atoms with Crippen molar-refractivity contribution in [3.63, 3.8) is 0 Å². The number of amides is 1. The molecule has 2 aromatic rings. The Morgan fingerprint density at radius 1 is 1.19 bits per heavy atom. The van der Waals surface area contributed by atoms with E-state index in [1.807, 2.05) is 6.92 Å². The molecule has 7 nitrogen and oxygen atoms in total. The van der Waals surface area contributed by atoms with Gasteiger partial charge in [-0.1, -0.05) is 25.1 Å². The summed E-state index contributed by atoms with van der Waals surface area (Å²) in [6.07, 6.45) is 0.445. The summed E-state index contributed by atoms with van der Waals surface area (Å²) in [5.41, 5.74) is 0.802. The number of rotatable bonds is 8. The normalized spacial score (nSPS) is 11.3. The highest BCUT2D eigenvalue weighted by molar-refractivity contribution is 7.89. The molecule has 0 atom stereocenters. The number of carbonyl (C=O) groups excluding carboxylic acids is 1. The van der Waals surface area contributed by atoms with Gasteiger partial charge in [-0.3, -0.25) is 4.79 Å². The minimum atomic E-state index is -3.68. The van der Waals surface area contributed by atoms with E-state index in [2.05, 4.69) is 10.0 Å². The van der Waals surface area contributed by atoms with Gasteiger partial charge in [0.2, 0.25) is 15.9 Å². The zero-order chi connectivity index (χ0) is 19.3. The van der Waals surface area contributed by atoms with Crippen molar-refractivity contribution in [1.82, 2.24) is 4.72 Å². The van der Waals surface area contributed by atoms with E-state index in [4.69, 9.17) is 0 Å². The maximum atomic E-state index is 12.1. The molecule has 0 radical (unpaired) electrons. The van der Waals surface area contributed by atoms with Crippen molar-refractivity contribution in [2.45, 2.75) is 31.6 Å². The quantitative estimate of drug-likeness (QED) is 0.635. The van der Waals surface area contributed by atoms with Gasteiger partial charge >= 0.3 is 5.97 Å². The third kappa shape index (κ3) is 4.69. The van der Waals surface area contributed by atoms with Gasteiger partial charge in [0.25, 0.3) is 0 Å². The molecule has 0 saturated heterocycles. The molecule has 0 bridgehead atoms. The zero-order valence-corrected chi connectivity index (χ0v) is 16.0. The van der Waals surface area contributed by atoms with Crippen molar-refractivity contribution in [3.05, 3.63) is 46.3 Å². The van der Waals surface area contributed by atoms with E-state index in [-0.39, 0.29) is 28.4 Å². The number of thiophene rings is 1. The van der Waals surface area contributed by atoms with Gasteiger partial charge in [0, 0.05) is 17.8 Å². The monoisotopic (exact) mass is 396 g/mol. The molecule has 1 amide bonds. The summed E-state index contributed by atoms with van der Waals surface area (Å²) in [5, 5.41) is 12.2. The van der Waals surface area contributed by atoms with Gasteiger partial charge in [-0.15, -0.1) is 11.3 Å². The van der Waals surface area contributed by atoms with Gasteiger partial charge in [0.05, 0.1) is 10.5 Å². The lowest BCUT2D eigenvalue weighted by Crippen LogP contribution is -2.27.